The quantitative estimate of drug-likeness (QED) is 0.432. The zero-order valence-corrected chi connectivity index (χ0v) is 19.3. The summed E-state index contributed by atoms with van der Waals surface area (Å²) in [5.41, 5.74) is 5.48. The minimum atomic E-state index is 0.534. The van der Waals surface area contributed by atoms with Crippen LogP contribution in [0, 0.1) is 45.8 Å². The number of allylic oxidation sites excluding steroid dienone is 4. The zero-order valence-electron chi connectivity index (χ0n) is 19.3. The number of rotatable bonds is 3. The molecule has 4 saturated carbocycles. The molecule has 0 aliphatic heterocycles. The molecule has 0 bridgehead atoms. The van der Waals surface area contributed by atoms with Crippen molar-refractivity contribution in [3.05, 3.63) is 23.3 Å². The average Bonchev–Trinajstić information content (AvgIpc) is 3.21. The van der Waals surface area contributed by atoms with E-state index in [1.54, 1.807) is 18.4 Å². The maximum absolute atomic E-state index is 2.81. The Balaban J connectivity index is 1.40. The van der Waals surface area contributed by atoms with Crippen molar-refractivity contribution in [2.45, 2.75) is 105 Å². The van der Waals surface area contributed by atoms with E-state index in [2.05, 4.69) is 46.8 Å². The summed E-state index contributed by atoms with van der Waals surface area (Å²) < 4.78 is 0. The lowest BCUT2D eigenvalue weighted by Gasteiger charge is -2.57. The van der Waals surface area contributed by atoms with Gasteiger partial charge in [0.1, 0.15) is 0 Å². The standard InChI is InChI=1S/C28H44/c1-6-8-21-18-28(21)16-15-26(4)20(17-28)9-10-22-24-12-11-23(19(3)7-2)27(24,5)14-13-25(22)26/h7,13,20-24H,6,8-12,14-18H2,1-5H3/t20?,21-,22?,23?,24+,26?,27?,28?/m1/s1. The van der Waals surface area contributed by atoms with Crippen molar-refractivity contribution in [3.8, 4) is 0 Å². The number of hydrogen-bond acceptors (Lipinski definition) is 0. The molecule has 0 amide bonds. The summed E-state index contributed by atoms with van der Waals surface area (Å²) in [7, 11) is 0. The Morgan fingerprint density at radius 3 is 2.68 bits per heavy atom. The summed E-state index contributed by atoms with van der Waals surface area (Å²) in [6.07, 6.45) is 21.6. The van der Waals surface area contributed by atoms with Gasteiger partial charge in [0.2, 0.25) is 0 Å². The Labute approximate surface area is 174 Å². The van der Waals surface area contributed by atoms with Crippen LogP contribution in [0.3, 0.4) is 0 Å². The normalized spacial score (nSPS) is 52.7. The molecule has 0 radical (unpaired) electrons. The molecule has 1 spiro atoms. The highest BCUT2D eigenvalue weighted by atomic mass is 14.7. The van der Waals surface area contributed by atoms with Crippen molar-refractivity contribution in [2.24, 2.45) is 45.8 Å². The molecular formula is C28H44. The van der Waals surface area contributed by atoms with Gasteiger partial charge in [-0.3, -0.25) is 0 Å². The lowest BCUT2D eigenvalue weighted by atomic mass is 9.47. The fourth-order valence-corrected chi connectivity index (χ4v) is 9.34. The van der Waals surface area contributed by atoms with Crippen LogP contribution in [0.5, 0.6) is 0 Å². The lowest BCUT2D eigenvalue weighted by molar-refractivity contribution is 0.0114. The molecular weight excluding hydrogens is 336 g/mol. The summed E-state index contributed by atoms with van der Waals surface area (Å²) in [6.45, 7) is 12.4. The summed E-state index contributed by atoms with van der Waals surface area (Å²) in [4.78, 5) is 0. The Morgan fingerprint density at radius 2 is 1.93 bits per heavy atom. The van der Waals surface area contributed by atoms with E-state index in [4.69, 9.17) is 0 Å². The van der Waals surface area contributed by atoms with Gasteiger partial charge in [0.05, 0.1) is 0 Å². The largest absolute Gasteiger partial charge is 0.0884 e. The first-order valence-electron chi connectivity index (χ1n) is 12.7. The SMILES string of the molecule is CC=C(C)C1CC[C@H]2C3CCC4CC5(CCC4(C)C3=CCC12C)C[C@H]5CCC. The molecule has 0 aromatic heterocycles. The highest BCUT2D eigenvalue weighted by molar-refractivity contribution is 5.31. The second kappa shape index (κ2) is 6.49. The fourth-order valence-electron chi connectivity index (χ4n) is 9.34. The van der Waals surface area contributed by atoms with E-state index >= 15 is 0 Å². The van der Waals surface area contributed by atoms with Gasteiger partial charge < -0.3 is 0 Å². The van der Waals surface area contributed by atoms with Crippen molar-refractivity contribution < 1.29 is 0 Å². The third-order valence-corrected chi connectivity index (χ3v) is 11.2. The van der Waals surface area contributed by atoms with E-state index in [1.165, 1.54) is 57.8 Å². The molecule has 28 heavy (non-hydrogen) atoms. The summed E-state index contributed by atoms with van der Waals surface area (Å²) in [5, 5.41) is 0. The van der Waals surface area contributed by atoms with Crippen LogP contribution in [-0.2, 0) is 0 Å². The molecule has 5 aliphatic rings. The molecule has 5 rings (SSSR count). The molecule has 0 aromatic carbocycles. The Morgan fingerprint density at radius 1 is 1.11 bits per heavy atom. The second-order valence-electron chi connectivity index (χ2n) is 12.2. The van der Waals surface area contributed by atoms with E-state index in [9.17, 15) is 0 Å². The van der Waals surface area contributed by atoms with Crippen LogP contribution < -0.4 is 0 Å². The van der Waals surface area contributed by atoms with Gasteiger partial charge in [-0.1, -0.05) is 56.9 Å². The predicted molar refractivity (Wildman–Crippen MR) is 120 cm³/mol. The summed E-state index contributed by atoms with van der Waals surface area (Å²) in [5.74, 6) is 4.78. The first kappa shape index (κ1) is 19.4. The number of fused-ring (bicyclic) bond motifs is 5. The van der Waals surface area contributed by atoms with Crippen LogP contribution in [0.25, 0.3) is 0 Å². The van der Waals surface area contributed by atoms with Crippen LogP contribution in [0.1, 0.15) is 105 Å². The molecule has 4 fully saturated rings. The topological polar surface area (TPSA) is 0 Å². The van der Waals surface area contributed by atoms with Crippen LogP contribution >= 0.6 is 0 Å². The van der Waals surface area contributed by atoms with E-state index in [1.807, 2.05) is 5.57 Å². The highest BCUT2D eigenvalue weighted by Gasteiger charge is 2.62. The molecule has 6 unspecified atom stereocenters. The van der Waals surface area contributed by atoms with Crippen molar-refractivity contribution >= 4 is 0 Å². The maximum Gasteiger partial charge on any atom is -0.00849 e. The third-order valence-electron chi connectivity index (χ3n) is 11.2. The summed E-state index contributed by atoms with van der Waals surface area (Å²) >= 11 is 0. The molecule has 0 N–H and O–H groups in total. The molecule has 5 aliphatic carbocycles. The Bertz CT molecular complexity index is 697. The van der Waals surface area contributed by atoms with E-state index in [-0.39, 0.29) is 0 Å². The molecule has 0 heteroatoms. The van der Waals surface area contributed by atoms with Crippen LogP contribution in [0.4, 0.5) is 0 Å². The van der Waals surface area contributed by atoms with E-state index in [0.717, 1.165) is 35.0 Å². The van der Waals surface area contributed by atoms with Crippen LogP contribution in [0.2, 0.25) is 0 Å². The van der Waals surface area contributed by atoms with Crippen molar-refractivity contribution in [2.75, 3.05) is 0 Å². The van der Waals surface area contributed by atoms with Gasteiger partial charge in [-0.2, -0.15) is 0 Å². The van der Waals surface area contributed by atoms with Crippen LogP contribution in [0.15, 0.2) is 23.3 Å². The maximum atomic E-state index is 2.81. The van der Waals surface area contributed by atoms with Gasteiger partial charge in [0.25, 0.3) is 0 Å². The second-order valence-corrected chi connectivity index (χ2v) is 12.2. The minimum absolute atomic E-state index is 0.534. The monoisotopic (exact) mass is 380 g/mol. The van der Waals surface area contributed by atoms with Gasteiger partial charge >= 0.3 is 0 Å². The van der Waals surface area contributed by atoms with Crippen molar-refractivity contribution in [1.82, 2.24) is 0 Å². The van der Waals surface area contributed by atoms with Gasteiger partial charge in [0.15, 0.2) is 0 Å². The minimum Gasteiger partial charge on any atom is -0.0884 e. The molecule has 0 saturated heterocycles. The smallest absolute Gasteiger partial charge is 0.00849 e. The molecule has 0 heterocycles. The zero-order chi connectivity index (χ0) is 19.7. The first-order valence-corrected chi connectivity index (χ1v) is 12.7. The predicted octanol–water partition coefficient (Wildman–Crippen LogP) is 8.34. The first-order chi connectivity index (χ1) is 13.4. The Hall–Kier alpha value is -0.520. The van der Waals surface area contributed by atoms with E-state index in [0.29, 0.717) is 10.8 Å². The van der Waals surface area contributed by atoms with Gasteiger partial charge in [0, 0.05) is 0 Å². The lowest BCUT2D eigenvalue weighted by Crippen LogP contribution is -2.48. The van der Waals surface area contributed by atoms with Crippen LogP contribution in [-0.4, -0.2) is 0 Å². The molecule has 8 atom stereocenters. The van der Waals surface area contributed by atoms with E-state index < -0.39 is 0 Å². The molecule has 156 valence electrons. The summed E-state index contributed by atoms with van der Waals surface area (Å²) in [6, 6.07) is 0. The molecule has 0 aromatic rings. The average molecular weight is 381 g/mol. The van der Waals surface area contributed by atoms with Gasteiger partial charge in [-0.05, 0) is 117 Å². The van der Waals surface area contributed by atoms with Crippen molar-refractivity contribution in [1.29, 1.82) is 0 Å². The molecule has 0 nitrogen and oxygen atoms in total. The van der Waals surface area contributed by atoms with Crippen molar-refractivity contribution in [3.63, 3.8) is 0 Å². The fraction of sp³-hybridized carbons (Fsp3) is 0.857. The Kier molecular flexibility index (Phi) is 4.50. The third kappa shape index (κ3) is 2.54. The van der Waals surface area contributed by atoms with Gasteiger partial charge in [-0.15, -0.1) is 0 Å². The highest BCUT2D eigenvalue weighted by Crippen LogP contribution is 2.72. The number of hydrogen-bond donors (Lipinski definition) is 0. The van der Waals surface area contributed by atoms with Gasteiger partial charge in [-0.25, -0.2) is 0 Å².